The van der Waals surface area contributed by atoms with E-state index in [9.17, 15) is 0 Å². The molecular weight excluding hydrogens is 307 g/mol. The lowest BCUT2D eigenvalue weighted by atomic mass is 10.2. The number of hydrogen-bond donors (Lipinski definition) is 0. The van der Waals surface area contributed by atoms with Crippen molar-refractivity contribution in [2.24, 2.45) is 10.2 Å². The monoisotopic (exact) mass is 316 g/mol. The third-order valence-electron chi connectivity index (χ3n) is 2.86. The summed E-state index contributed by atoms with van der Waals surface area (Å²) in [6.07, 6.45) is 0. The molecule has 0 aliphatic carbocycles. The molecular formula is C15H10Cl2N4. The first kappa shape index (κ1) is 13.9. The minimum absolute atomic E-state index is 0.158. The number of azo groups is 1. The summed E-state index contributed by atoms with van der Waals surface area (Å²) in [6, 6.07) is 15.0. The number of aromatic nitrogens is 2. The molecule has 0 N–H and O–H groups in total. The van der Waals surface area contributed by atoms with Crippen molar-refractivity contribution in [1.82, 2.24) is 9.97 Å². The standard InChI is InChI=1S/C15H10Cl2N4/c16-11-5-3-4-10(8-11)9-18-21-14-12-6-1-2-7-13(12)19-15(17)20-14/h1-8H,9H2. The molecule has 3 aromatic rings. The smallest absolute Gasteiger partial charge is 0.218 e. The van der Waals surface area contributed by atoms with Crippen LogP contribution < -0.4 is 0 Å². The van der Waals surface area contributed by atoms with Gasteiger partial charge in [0.1, 0.15) is 0 Å². The highest BCUT2D eigenvalue weighted by molar-refractivity contribution is 6.30. The summed E-state index contributed by atoms with van der Waals surface area (Å²) in [5.74, 6) is 0.465. The van der Waals surface area contributed by atoms with Crippen molar-refractivity contribution in [2.45, 2.75) is 6.54 Å². The minimum atomic E-state index is 0.158. The van der Waals surface area contributed by atoms with Crippen molar-refractivity contribution < 1.29 is 0 Å². The molecule has 6 heteroatoms. The van der Waals surface area contributed by atoms with E-state index in [0.717, 1.165) is 16.5 Å². The van der Waals surface area contributed by atoms with E-state index in [1.807, 2.05) is 48.5 Å². The Kier molecular flexibility index (Phi) is 4.08. The van der Waals surface area contributed by atoms with Gasteiger partial charge in [-0.15, -0.1) is 5.11 Å². The van der Waals surface area contributed by atoms with Crippen molar-refractivity contribution in [1.29, 1.82) is 0 Å². The molecule has 3 rings (SSSR count). The summed E-state index contributed by atoms with van der Waals surface area (Å²) in [5.41, 5.74) is 1.73. The maximum Gasteiger partial charge on any atom is 0.225 e. The van der Waals surface area contributed by atoms with Crippen molar-refractivity contribution in [3.63, 3.8) is 0 Å². The number of para-hydroxylation sites is 1. The normalized spacial score (nSPS) is 11.3. The van der Waals surface area contributed by atoms with Gasteiger partial charge in [0.2, 0.25) is 5.28 Å². The molecule has 0 atom stereocenters. The second-order valence-corrected chi connectivity index (χ2v) is 5.14. The van der Waals surface area contributed by atoms with Crippen LogP contribution in [0.3, 0.4) is 0 Å². The molecule has 104 valence electrons. The van der Waals surface area contributed by atoms with Gasteiger partial charge >= 0.3 is 0 Å². The maximum atomic E-state index is 5.93. The summed E-state index contributed by atoms with van der Waals surface area (Å²) in [7, 11) is 0. The number of halogens is 2. The molecule has 0 saturated carbocycles. The molecule has 2 aromatic carbocycles. The highest BCUT2D eigenvalue weighted by atomic mass is 35.5. The number of fused-ring (bicyclic) bond motifs is 1. The zero-order chi connectivity index (χ0) is 14.7. The molecule has 0 unspecified atom stereocenters. The molecule has 0 spiro atoms. The van der Waals surface area contributed by atoms with E-state index < -0.39 is 0 Å². The van der Waals surface area contributed by atoms with E-state index in [4.69, 9.17) is 23.2 Å². The van der Waals surface area contributed by atoms with Crippen LogP contribution in [0.5, 0.6) is 0 Å². The van der Waals surface area contributed by atoms with Crippen molar-refractivity contribution in [3.05, 3.63) is 64.4 Å². The lowest BCUT2D eigenvalue weighted by Gasteiger charge is -2.00. The Balaban J connectivity index is 1.89. The molecule has 1 aromatic heterocycles. The average molecular weight is 317 g/mol. The van der Waals surface area contributed by atoms with E-state index in [-0.39, 0.29) is 5.28 Å². The fourth-order valence-electron chi connectivity index (χ4n) is 1.93. The van der Waals surface area contributed by atoms with Crippen LogP contribution in [0.2, 0.25) is 10.3 Å². The third-order valence-corrected chi connectivity index (χ3v) is 3.27. The predicted molar refractivity (Wildman–Crippen MR) is 84.2 cm³/mol. The molecule has 0 fully saturated rings. The van der Waals surface area contributed by atoms with Gasteiger partial charge in [0.05, 0.1) is 12.1 Å². The zero-order valence-electron chi connectivity index (χ0n) is 10.9. The van der Waals surface area contributed by atoms with E-state index in [1.165, 1.54) is 0 Å². The molecule has 0 amide bonds. The minimum Gasteiger partial charge on any atom is -0.218 e. The van der Waals surface area contributed by atoms with Gasteiger partial charge in [0.15, 0.2) is 5.82 Å². The number of nitrogens with zero attached hydrogens (tertiary/aromatic N) is 4. The van der Waals surface area contributed by atoms with Gasteiger partial charge in [-0.25, -0.2) is 4.98 Å². The molecule has 0 radical (unpaired) electrons. The predicted octanol–water partition coefficient (Wildman–Crippen LogP) is 5.22. The van der Waals surface area contributed by atoms with Gasteiger partial charge in [-0.1, -0.05) is 35.9 Å². The molecule has 4 nitrogen and oxygen atoms in total. The number of rotatable bonds is 3. The molecule has 0 saturated heterocycles. The van der Waals surface area contributed by atoms with Crippen LogP contribution in [0.4, 0.5) is 5.82 Å². The largest absolute Gasteiger partial charge is 0.225 e. The van der Waals surface area contributed by atoms with Crippen molar-refractivity contribution >= 4 is 39.9 Å². The summed E-state index contributed by atoms with van der Waals surface area (Å²) < 4.78 is 0. The van der Waals surface area contributed by atoms with Gasteiger partial charge in [-0.05, 0) is 41.4 Å². The lowest BCUT2D eigenvalue weighted by Crippen LogP contribution is -1.86. The third kappa shape index (κ3) is 3.35. The second kappa shape index (κ2) is 6.16. The highest BCUT2D eigenvalue weighted by Crippen LogP contribution is 2.24. The van der Waals surface area contributed by atoms with Crippen LogP contribution in [0.1, 0.15) is 5.56 Å². The Morgan fingerprint density at radius 2 is 1.81 bits per heavy atom. The Hall–Kier alpha value is -2.04. The van der Waals surface area contributed by atoms with E-state index in [1.54, 1.807) is 0 Å². The first-order valence-electron chi connectivity index (χ1n) is 6.26. The van der Waals surface area contributed by atoms with Crippen LogP contribution in [0.25, 0.3) is 10.9 Å². The maximum absolute atomic E-state index is 5.93. The SMILES string of the molecule is Clc1cccc(CN=Nc2nc(Cl)nc3ccccc23)c1. The average Bonchev–Trinajstić information content (AvgIpc) is 2.47. The van der Waals surface area contributed by atoms with Crippen LogP contribution in [0.15, 0.2) is 58.8 Å². The zero-order valence-corrected chi connectivity index (χ0v) is 12.4. The lowest BCUT2D eigenvalue weighted by molar-refractivity contribution is 0.947. The van der Waals surface area contributed by atoms with Crippen molar-refractivity contribution in [2.75, 3.05) is 0 Å². The summed E-state index contributed by atoms with van der Waals surface area (Å²) >= 11 is 11.8. The topological polar surface area (TPSA) is 50.5 Å². The fourth-order valence-corrected chi connectivity index (χ4v) is 2.31. The van der Waals surface area contributed by atoms with Crippen LogP contribution in [0, 0.1) is 0 Å². The van der Waals surface area contributed by atoms with Crippen molar-refractivity contribution in [3.8, 4) is 0 Å². The van der Waals surface area contributed by atoms with E-state index >= 15 is 0 Å². The van der Waals surface area contributed by atoms with Gasteiger partial charge in [-0.2, -0.15) is 10.1 Å². The Morgan fingerprint density at radius 3 is 2.67 bits per heavy atom. The van der Waals surface area contributed by atoms with Crippen LogP contribution in [-0.4, -0.2) is 9.97 Å². The number of hydrogen-bond acceptors (Lipinski definition) is 4. The number of benzene rings is 2. The summed E-state index contributed by atoms with van der Waals surface area (Å²) in [6.45, 7) is 0.427. The van der Waals surface area contributed by atoms with Gasteiger partial charge in [-0.3, -0.25) is 0 Å². The fraction of sp³-hybridized carbons (Fsp3) is 0.0667. The first-order valence-corrected chi connectivity index (χ1v) is 7.02. The second-order valence-electron chi connectivity index (χ2n) is 4.36. The first-order chi connectivity index (χ1) is 10.2. The summed E-state index contributed by atoms with van der Waals surface area (Å²) in [4.78, 5) is 8.27. The van der Waals surface area contributed by atoms with E-state index in [2.05, 4.69) is 20.2 Å². The highest BCUT2D eigenvalue weighted by Gasteiger charge is 2.05. The van der Waals surface area contributed by atoms with Gasteiger partial charge in [0, 0.05) is 10.4 Å². The molecule has 0 aliphatic rings. The Morgan fingerprint density at radius 1 is 0.952 bits per heavy atom. The Bertz CT molecular complexity index is 818. The molecule has 0 bridgehead atoms. The summed E-state index contributed by atoms with van der Waals surface area (Å²) in [5, 5.41) is 9.98. The van der Waals surface area contributed by atoms with Crippen LogP contribution in [-0.2, 0) is 6.54 Å². The van der Waals surface area contributed by atoms with Crippen LogP contribution >= 0.6 is 23.2 Å². The molecule has 0 aliphatic heterocycles. The Labute approximate surface area is 131 Å². The van der Waals surface area contributed by atoms with Gasteiger partial charge < -0.3 is 0 Å². The van der Waals surface area contributed by atoms with Gasteiger partial charge in [0.25, 0.3) is 0 Å². The van der Waals surface area contributed by atoms with E-state index in [0.29, 0.717) is 17.4 Å². The quantitative estimate of drug-likeness (QED) is 0.491. The molecule has 1 heterocycles. The molecule has 21 heavy (non-hydrogen) atoms.